The van der Waals surface area contributed by atoms with Crippen molar-refractivity contribution in [2.75, 3.05) is 6.54 Å². The lowest BCUT2D eigenvalue weighted by Crippen LogP contribution is -2.31. The molecule has 0 unspecified atom stereocenters. The Morgan fingerprint density at radius 2 is 2.05 bits per heavy atom. The molecule has 104 valence electrons. The van der Waals surface area contributed by atoms with Crippen LogP contribution in [0, 0.1) is 18.7 Å². The van der Waals surface area contributed by atoms with Crippen molar-refractivity contribution in [3.8, 4) is 0 Å². The second kappa shape index (κ2) is 6.38. The molecule has 1 N–H and O–H groups in total. The zero-order valence-electron chi connectivity index (χ0n) is 11.1. The first-order chi connectivity index (χ1) is 9.06. The summed E-state index contributed by atoms with van der Waals surface area (Å²) in [5.41, 5.74) is 1.22. The van der Waals surface area contributed by atoms with Crippen LogP contribution in [-0.2, 0) is 0 Å². The fourth-order valence-electron chi connectivity index (χ4n) is 2.54. The molecular formula is C15H19ClFNO. The zero-order valence-corrected chi connectivity index (χ0v) is 11.8. The number of nitrogens with one attached hydrogen (secondary N) is 1. The Morgan fingerprint density at radius 3 is 2.68 bits per heavy atom. The minimum Gasteiger partial charge on any atom is -0.352 e. The van der Waals surface area contributed by atoms with Gasteiger partial charge in [-0.15, -0.1) is 11.6 Å². The number of carbonyl (C=O) groups is 1. The van der Waals surface area contributed by atoms with Gasteiger partial charge in [0.05, 0.1) is 0 Å². The lowest BCUT2D eigenvalue weighted by atomic mass is 9.89. The molecule has 1 aliphatic rings. The van der Waals surface area contributed by atoms with Crippen LogP contribution in [0.3, 0.4) is 0 Å². The molecule has 1 amide bonds. The minimum atomic E-state index is -0.311. The molecule has 0 aliphatic heterocycles. The molecule has 2 rings (SSSR count). The van der Waals surface area contributed by atoms with E-state index in [9.17, 15) is 9.18 Å². The molecular weight excluding hydrogens is 265 g/mol. The minimum absolute atomic E-state index is 0.120. The third-order valence-electron chi connectivity index (χ3n) is 3.76. The van der Waals surface area contributed by atoms with Crippen LogP contribution in [0.15, 0.2) is 18.2 Å². The van der Waals surface area contributed by atoms with Crippen LogP contribution in [0.25, 0.3) is 0 Å². The molecule has 0 spiro atoms. The molecule has 1 aromatic rings. The van der Waals surface area contributed by atoms with E-state index in [2.05, 4.69) is 5.32 Å². The molecule has 0 radical (unpaired) electrons. The van der Waals surface area contributed by atoms with E-state index in [1.807, 2.05) is 0 Å². The van der Waals surface area contributed by atoms with Gasteiger partial charge >= 0.3 is 0 Å². The maximum atomic E-state index is 13.0. The molecule has 2 nitrogen and oxygen atoms in total. The van der Waals surface area contributed by atoms with Gasteiger partial charge in [0, 0.05) is 17.5 Å². The van der Waals surface area contributed by atoms with E-state index < -0.39 is 0 Å². The van der Waals surface area contributed by atoms with Crippen molar-refractivity contribution in [2.45, 2.75) is 38.0 Å². The van der Waals surface area contributed by atoms with E-state index in [-0.39, 0.29) is 11.7 Å². The molecule has 0 atom stereocenters. The van der Waals surface area contributed by atoms with Gasteiger partial charge in [-0.2, -0.15) is 0 Å². The van der Waals surface area contributed by atoms with Gasteiger partial charge in [0.2, 0.25) is 0 Å². The predicted molar refractivity (Wildman–Crippen MR) is 75.1 cm³/mol. The van der Waals surface area contributed by atoms with E-state index in [0.29, 0.717) is 29.0 Å². The average molecular weight is 284 g/mol. The van der Waals surface area contributed by atoms with E-state index in [1.54, 1.807) is 6.92 Å². The Hall–Kier alpha value is -1.09. The van der Waals surface area contributed by atoms with Crippen LogP contribution >= 0.6 is 11.6 Å². The quantitative estimate of drug-likeness (QED) is 0.843. The highest BCUT2D eigenvalue weighted by Crippen LogP contribution is 2.27. The van der Waals surface area contributed by atoms with Gasteiger partial charge in [-0.1, -0.05) is 0 Å². The summed E-state index contributed by atoms with van der Waals surface area (Å²) in [5.74, 6) is 0.0830. The first-order valence-electron chi connectivity index (χ1n) is 6.74. The van der Waals surface area contributed by atoms with E-state index in [0.717, 1.165) is 25.7 Å². The number of rotatable bonds is 3. The Balaban J connectivity index is 1.87. The number of hydrogen-bond acceptors (Lipinski definition) is 1. The SMILES string of the molecule is Cc1cc(F)ccc1C(=O)NCC1CCC(Cl)CC1. The molecule has 1 fully saturated rings. The standard InChI is InChI=1S/C15H19ClFNO/c1-10-8-13(17)6-7-14(10)15(19)18-9-11-2-4-12(16)5-3-11/h6-8,11-12H,2-5,9H2,1H3,(H,18,19). The summed E-state index contributed by atoms with van der Waals surface area (Å²) in [7, 11) is 0. The monoisotopic (exact) mass is 283 g/mol. The fourth-order valence-corrected chi connectivity index (χ4v) is 2.79. The molecule has 0 aromatic heterocycles. The first kappa shape index (κ1) is 14.3. The van der Waals surface area contributed by atoms with E-state index in [4.69, 9.17) is 11.6 Å². The Labute approximate surface area is 118 Å². The van der Waals surface area contributed by atoms with Crippen LogP contribution in [0.1, 0.15) is 41.6 Å². The molecule has 19 heavy (non-hydrogen) atoms. The maximum absolute atomic E-state index is 13.0. The molecule has 0 saturated heterocycles. The fraction of sp³-hybridized carbons (Fsp3) is 0.533. The summed E-state index contributed by atoms with van der Waals surface area (Å²) in [6.45, 7) is 2.43. The number of hydrogen-bond donors (Lipinski definition) is 1. The first-order valence-corrected chi connectivity index (χ1v) is 7.18. The number of amides is 1. The van der Waals surface area contributed by atoms with Gasteiger partial charge in [-0.25, -0.2) is 4.39 Å². The van der Waals surface area contributed by atoms with Gasteiger partial charge in [-0.3, -0.25) is 4.79 Å². The van der Waals surface area contributed by atoms with Crippen molar-refractivity contribution in [2.24, 2.45) is 5.92 Å². The van der Waals surface area contributed by atoms with E-state index >= 15 is 0 Å². The summed E-state index contributed by atoms with van der Waals surface area (Å²) >= 11 is 6.05. The number of aryl methyl sites for hydroxylation is 1. The van der Waals surface area contributed by atoms with Crippen LogP contribution < -0.4 is 5.32 Å². The third-order valence-corrected chi connectivity index (χ3v) is 4.20. The van der Waals surface area contributed by atoms with Crippen LogP contribution in [-0.4, -0.2) is 17.8 Å². The highest BCUT2D eigenvalue weighted by Gasteiger charge is 2.20. The lowest BCUT2D eigenvalue weighted by molar-refractivity contribution is 0.0943. The van der Waals surface area contributed by atoms with Crippen LogP contribution in [0.5, 0.6) is 0 Å². The lowest BCUT2D eigenvalue weighted by Gasteiger charge is -2.25. The molecule has 0 bridgehead atoms. The number of carbonyl (C=O) groups excluding carboxylic acids is 1. The van der Waals surface area contributed by atoms with Crippen molar-refractivity contribution in [3.05, 3.63) is 35.1 Å². The van der Waals surface area contributed by atoms with Crippen molar-refractivity contribution in [3.63, 3.8) is 0 Å². The van der Waals surface area contributed by atoms with Gasteiger partial charge in [0.25, 0.3) is 5.91 Å². The molecule has 1 saturated carbocycles. The molecule has 1 aromatic carbocycles. The predicted octanol–water partition coefficient (Wildman–Crippen LogP) is 3.66. The third kappa shape index (κ3) is 3.93. The second-order valence-corrected chi connectivity index (χ2v) is 5.90. The number of benzene rings is 1. The summed E-state index contributed by atoms with van der Waals surface area (Å²) in [5, 5.41) is 3.24. The normalized spacial score (nSPS) is 23.1. The Bertz CT molecular complexity index is 455. The molecule has 4 heteroatoms. The maximum Gasteiger partial charge on any atom is 0.251 e. The number of halogens is 2. The summed E-state index contributed by atoms with van der Waals surface area (Å²) in [6.07, 6.45) is 4.18. The summed E-state index contributed by atoms with van der Waals surface area (Å²) in [4.78, 5) is 12.0. The topological polar surface area (TPSA) is 29.1 Å². The summed E-state index contributed by atoms with van der Waals surface area (Å²) in [6, 6.07) is 4.24. The average Bonchev–Trinajstić information content (AvgIpc) is 2.37. The smallest absolute Gasteiger partial charge is 0.251 e. The van der Waals surface area contributed by atoms with Gasteiger partial charge in [0.1, 0.15) is 5.82 Å². The van der Waals surface area contributed by atoms with E-state index in [1.165, 1.54) is 18.2 Å². The van der Waals surface area contributed by atoms with Crippen LogP contribution in [0.4, 0.5) is 4.39 Å². The van der Waals surface area contributed by atoms with Crippen molar-refractivity contribution in [1.29, 1.82) is 0 Å². The molecule has 0 heterocycles. The highest BCUT2D eigenvalue weighted by molar-refractivity contribution is 6.20. The van der Waals surface area contributed by atoms with Gasteiger partial charge < -0.3 is 5.32 Å². The highest BCUT2D eigenvalue weighted by atomic mass is 35.5. The Kier molecular flexibility index (Phi) is 4.81. The van der Waals surface area contributed by atoms with Crippen molar-refractivity contribution in [1.82, 2.24) is 5.32 Å². The van der Waals surface area contributed by atoms with Crippen molar-refractivity contribution < 1.29 is 9.18 Å². The van der Waals surface area contributed by atoms with Gasteiger partial charge in [-0.05, 0) is 62.3 Å². The summed E-state index contributed by atoms with van der Waals surface area (Å²) < 4.78 is 13.0. The largest absolute Gasteiger partial charge is 0.352 e. The molecule has 1 aliphatic carbocycles. The van der Waals surface area contributed by atoms with Gasteiger partial charge in [0.15, 0.2) is 0 Å². The zero-order chi connectivity index (χ0) is 13.8. The van der Waals surface area contributed by atoms with Crippen molar-refractivity contribution >= 4 is 17.5 Å². The van der Waals surface area contributed by atoms with Crippen LogP contribution in [0.2, 0.25) is 0 Å². The second-order valence-electron chi connectivity index (χ2n) is 5.29. The Morgan fingerprint density at radius 1 is 1.37 bits per heavy atom. The number of alkyl halides is 1.